The molecule has 1 aromatic heterocycles. The first-order valence-corrected chi connectivity index (χ1v) is 2.84. The predicted octanol–water partition coefficient (Wildman–Crippen LogP) is 1.57. The minimum Gasteiger partial charge on any atom is -0.399 e. The van der Waals surface area contributed by atoms with Crippen LogP contribution in [-0.2, 0) is 0 Å². The summed E-state index contributed by atoms with van der Waals surface area (Å²) in [5.41, 5.74) is 0. The summed E-state index contributed by atoms with van der Waals surface area (Å²) in [6, 6.07) is 0. The molecule has 9 heavy (non-hydrogen) atoms. The van der Waals surface area contributed by atoms with Crippen LogP contribution in [-0.4, -0.2) is 0 Å². The van der Waals surface area contributed by atoms with Crippen LogP contribution < -0.4 is 5.82 Å². The van der Waals surface area contributed by atoms with Crippen LogP contribution in [0.1, 0.15) is 19.6 Å². The third-order valence-electron chi connectivity index (χ3n) is 0.565. The summed E-state index contributed by atoms with van der Waals surface area (Å²) in [4.78, 5) is 9.96. The molecule has 3 heteroatoms. The Bertz CT molecular complexity index is 196. The molecule has 0 N–H and O–H groups in total. The van der Waals surface area contributed by atoms with E-state index in [9.17, 15) is 4.79 Å². The molecule has 0 unspecified atom stereocenters. The van der Waals surface area contributed by atoms with Gasteiger partial charge in [0.2, 0.25) is 0 Å². The topological polar surface area (TPSA) is 43.4 Å². The van der Waals surface area contributed by atoms with Crippen LogP contribution in [0.3, 0.4) is 0 Å². The lowest BCUT2D eigenvalue weighted by Gasteiger charge is -1.63. The van der Waals surface area contributed by atoms with Crippen LogP contribution in [0.2, 0.25) is 0 Å². The molecular formula is C6H10O3. The summed E-state index contributed by atoms with van der Waals surface area (Å²) in [6.45, 7) is 5.64. The highest BCUT2D eigenvalue weighted by Gasteiger charge is 1.88. The van der Waals surface area contributed by atoms with Gasteiger partial charge in [-0.3, -0.25) is 0 Å². The van der Waals surface area contributed by atoms with Gasteiger partial charge in [0.15, 0.2) is 0 Å². The van der Waals surface area contributed by atoms with Crippen molar-refractivity contribution in [2.75, 3.05) is 0 Å². The number of aryl methyl sites for hydroxylation is 1. The second-order valence-electron chi connectivity index (χ2n) is 1.20. The van der Waals surface area contributed by atoms with Crippen molar-refractivity contribution < 1.29 is 8.83 Å². The van der Waals surface area contributed by atoms with E-state index in [0.29, 0.717) is 5.76 Å². The third-order valence-corrected chi connectivity index (χ3v) is 0.565. The quantitative estimate of drug-likeness (QED) is 0.535. The first-order valence-electron chi connectivity index (χ1n) is 2.84. The highest BCUT2D eigenvalue weighted by molar-refractivity contribution is 4.77. The average Bonchev–Trinajstić information content (AvgIpc) is 2.20. The molecule has 0 spiro atoms. The van der Waals surface area contributed by atoms with Gasteiger partial charge in [0.25, 0.3) is 0 Å². The van der Waals surface area contributed by atoms with Crippen molar-refractivity contribution in [1.29, 1.82) is 0 Å². The Labute approximate surface area is 53.3 Å². The summed E-state index contributed by atoms with van der Waals surface area (Å²) in [6.07, 6.45) is 1.27. The van der Waals surface area contributed by atoms with Gasteiger partial charge < -0.3 is 8.83 Å². The van der Waals surface area contributed by atoms with Gasteiger partial charge in [0, 0.05) is 0 Å². The number of hydrogen-bond acceptors (Lipinski definition) is 3. The zero-order valence-corrected chi connectivity index (χ0v) is 5.80. The van der Waals surface area contributed by atoms with E-state index in [1.165, 1.54) is 6.26 Å². The Morgan fingerprint density at radius 1 is 1.44 bits per heavy atom. The highest BCUT2D eigenvalue weighted by atomic mass is 16.6. The fourth-order valence-electron chi connectivity index (χ4n) is 0.311. The molecule has 0 atom stereocenters. The molecule has 1 heterocycles. The molecule has 1 rings (SSSR count). The van der Waals surface area contributed by atoms with Gasteiger partial charge in [-0.25, -0.2) is 4.79 Å². The van der Waals surface area contributed by atoms with Gasteiger partial charge in [-0.15, -0.1) is 0 Å². The first-order chi connectivity index (χ1) is 4.29. The predicted molar refractivity (Wildman–Crippen MR) is 33.3 cm³/mol. The van der Waals surface area contributed by atoms with Gasteiger partial charge in [-0.1, -0.05) is 13.8 Å². The molecular weight excluding hydrogens is 120 g/mol. The van der Waals surface area contributed by atoms with E-state index in [4.69, 9.17) is 0 Å². The minimum absolute atomic E-state index is 0.505. The van der Waals surface area contributed by atoms with Crippen LogP contribution >= 0.6 is 0 Å². The number of hydrogen-bond donors (Lipinski definition) is 0. The SMILES string of the molecule is CC.Cc1coc(=O)o1. The van der Waals surface area contributed by atoms with Gasteiger partial charge in [0.1, 0.15) is 12.0 Å². The van der Waals surface area contributed by atoms with E-state index in [1.54, 1.807) is 6.92 Å². The van der Waals surface area contributed by atoms with E-state index < -0.39 is 5.82 Å². The van der Waals surface area contributed by atoms with Crippen LogP contribution in [0.25, 0.3) is 0 Å². The van der Waals surface area contributed by atoms with Gasteiger partial charge in [0.05, 0.1) is 0 Å². The van der Waals surface area contributed by atoms with Crippen LogP contribution in [0.5, 0.6) is 0 Å². The second-order valence-corrected chi connectivity index (χ2v) is 1.20. The molecule has 0 aliphatic heterocycles. The smallest absolute Gasteiger partial charge is 0.399 e. The molecule has 1 aromatic rings. The molecule has 0 amide bonds. The van der Waals surface area contributed by atoms with Gasteiger partial charge in [-0.2, -0.15) is 0 Å². The summed E-state index contributed by atoms with van der Waals surface area (Å²) >= 11 is 0. The van der Waals surface area contributed by atoms with E-state index in [1.807, 2.05) is 13.8 Å². The standard InChI is InChI=1S/C4H4O3.C2H6/c1-3-2-6-4(5)7-3;1-2/h2H,1H3;1-2H3. The lowest BCUT2D eigenvalue weighted by molar-refractivity contribution is 0.378. The van der Waals surface area contributed by atoms with Crippen molar-refractivity contribution in [2.24, 2.45) is 0 Å². The Morgan fingerprint density at radius 3 is 2.11 bits per heavy atom. The van der Waals surface area contributed by atoms with Gasteiger partial charge >= 0.3 is 5.82 Å². The molecule has 0 aromatic carbocycles. The Balaban J connectivity index is 0.000000291. The lowest BCUT2D eigenvalue weighted by atomic mass is 10.6. The monoisotopic (exact) mass is 130 g/mol. The van der Waals surface area contributed by atoms with Crippen LogP contribution in [0.15, 0.2) is 19.9 Å². The van der Waals surface area contributed by atoms with Crippen LogP contribution in [0.4, 0.5) is 0 Å². The fourth-order valence-corrected chi connectivity index (χ4v) is 0.311. The second kappa shape index (κ2) is 3.95. The third kappa shape index (κ3) is 2.74. The normalized spacial score (nSPS) is 7.89. The summed E-state index contributed by atoms with van der Waals surface area (Å²) in [5.74, 6) is -0.137. The van der Waals surface area contributed by atoms with Crippen molar-refractivity contribution in [3.63, 3.8) is 0 Å². The van der Waals surface area contributed by atoms with Crippen molar-refractivity contribution in [1.82, 2.24) is 0 Å². The van der Waals surface area contributed by atoms with Crippen LogP contribution in [0, 0.1) is 6.92 Å². The van der Waals surface area contributed by atoms with Gasteiger partial charge in [-0.05, 0) is 6.92 Å². The molecule has 0 radical (unpaired) electrons. The minimum atomic E-state index is -0.641. The molecule has 0 aliphatic rings. The zero-order chi connectivity index (χ0) is 7.28. The zero-order valence-electron chi connectivity index (χ0n) is 5.80. The Morgan fingerprint density at radius 2 is 2.00 bits per heavy atom. The van der Waals surface area contributed by atoms with E-state index >= 15 is 0 Å². The van der Waals surface area contributed by atoms with Crippen molar-refractivity contribution in [3.8, 4) is 0 Å². The molecule has 0 saturated heterocycles. The highest BCUT2D eigenvalue weighted by Crippen LogP contribution is 1.87. The average molecular weight is 130 g/mol. The Hall–Kier alpha value is -0.990. The summed E-state index contributed by atoms with van der Waals surface area (Å²) in [5, 5.41) is 0. The maximum Gasteiger partial charge on any atom is 0.518 e. The van der Waals surface area contributed by atoms with E-state index in [0.717, 1.165) is 0 Å². The maximum absolute atomic E-state index is 9.96. The number of rotatable bonds is 0. The molecule has 0 saturated carbocycles. The lowest BCUT2D eigenvalue weighted by Crippen LogP contribution is -1.84. The molecule has 52 valence electrons. The fraction of sp³-hybridized carbons (Fsp3) is 0.500. The molecule has 0 bridgehead atoms. The van der Waals surface area contributed by atoms with E-state index in [2.05, 4.69) is 8.83 Å². The van der Waals surface area contributed by atoms with Crippen molar-refractivity contribution >= 4 is 0 Å². The largest absolute Gasteiger partial charge is 0.518 e. The maximum atomic E-state index is 9.96. The Kier molecular flexibility index (Phi) is 3.51. The summed E-state index contributed by atoms with van der Waals surface area (Å²) in [7, 11) is 0. The molecule has 0 fully saturated rings. The molecule has 3 nitrogen and oxygen atoms in total. The van der Waals surface area contributed by atoms with Crippen molar-refractivity contribution in [3.05, 3.63) is 22.6 Å². The first kappa shape index (κ1) is 8.01. The summed E-state index contributed by atoms with van der Waals surface area (Å²) < 4.78 is 8.60. The van der Waals surface area contributed by atoms with E-state index in [-0.39, 0.29) is 0 Å². The van der Waals surface area contributed by atoms with Crippen molar-refractivity contribution in [2.45, 2.75) is 20.8 Å². The molecule has 0 aliphatic carbocycles.